The Kier molecular flexibility index (Phi) is 4.34. The summed E-state index contributed by atoms with van der Waals surface area (Å²) in [5.41, 5.74) is 1.61. The number of anilines is 1. The highest BCUT2D eigenvalue weighted by molar-refractivity contribution is 6.03. The largest absolute Gasteiger partial charge is 0.463 e. The maximum absolute atomic E-state index is 12.3. The van der Waals surface area contributed by atoms with Gasteiger partial charge < -0.3 is 14.5 Å². The summed E-state index contributed by atoms with van der Waals surface area (Å²) in [6.07, 6.45) is 7.16. The molecule has 0 radical (unpaired) electrons. The van der Waals surface area contributed by atoms with Gasteiger partial charge in [0.1, 0.15) is 5.69 Å². The van der Waals surface area contributed by atoms with Crippen LogP contribution in [0, 0.1) is 5.92 Å². The first-order valence-corrected chi connectivity index (χ1v) is 8.29. The van der Waals surface area contributed by atoms with Crippen LogP contribution < -0.4 is 5.32 Å². The van der Waals surface area contributed by atoms with Crippen LogP contribution in [0.4, 0.5) is 5.69 Å². The molecule has 1 aliphatic heterocycles. The topological polar surface area (TPSA) is 98.0 Å². The number of aromatic amines is 1. The van der Waals surface area contributed by atoms with Crippen molar-refractivity contribution in [3.05, 3.63) is 42.5 Å². The lowest BCUT2D eigenvalue weighted by atomic mass is 10.0. The van der Waals surface area contributed by atoms with E-state index >= 15 is 0 Å². The number of carbonyl (C=O) groups excluding carboxylic acids is 1. The Balaban J connectivity index is 1.38. The summed E-state index contributed by atoms with van der Waals surface area (Å²) in [5.74, 6) is 0.912. The van der Waals surface area contributed by atoms with Crippen LogP contribution in [0.3, 0.4) is 0 Å². The first-order chi connectivity index (χ1) is 12.3. The van der Waals surface area contributed by atoms with Crippen LogP contribution in [0.5, 0.6) is 0 Å². The number of nitrogens with zero attached hydrogens (tertiary/aromatic N) is 3. The van der Waals surface area contributed by atoms with Crippen molar-refractivity contribution >= 4 is 11.6 Å². The van der Waals surface area contributed by atoms with Gasteiger partial charge >= 0.3 is 0 Å². The smallest absolute Gasteiger partial charge is 0.276 e. The Morgan fingerprint density at radius 1 is 1.40 bits per heavy atom. The first-order valence-electron chi connectivity index (χ1n) is 8.29. The lowest BCUT2D eigenvalue weighted by Gasteiger charge is -2.21. The number of rotatable bonds is 5. The standard InChI is InChI=1S/C17H19N5O3/c23-17(15-8-14(20-21-15)16-2-1-5-25-16)19-13-9-18-22(11-13)10-12-3-6-24-7-4-12/h1-2,5,8-9,11-12H,3-4,6-7,10H2,(H,19,23)(H,20,21). The van der Waals surface area contributed by atoms with E-state index in [2.05, 4.69) is 20.6 Å². The molecule has 0 unspecified atom stereocenters. The zero-order valence-electron chi connectivity index (χ0n) is 13.6. The molecule has 8 heteroatoms. The maximum atomic E-state index is 12.3. The normalized spacial score (nSPS) is 15.4. The molecule has 3 aromatic heterocycles. The Morgan fingerprint density at radius 2 is 2.28 bits per heavy atom. The number of ether oxygens (including phenoxy) is 1. The number of furan rings is 1. The van der Waals surface area contributed by atoms with E-state index < -0.39 is 0 Å². The molecule has 4 rings (SSSR count). The number of H-pyrrole nitrogens is 1. The summed E-state index contributed by atoms with van der Waals surface area (Å²) < 4.78 is 12.5. The minimum Gasteiger partial charge on any atom is -0.463 e. The van der Waals surface area contributed by atoms with Gasteiger partial charge in [0.05, 0.1) is 18.1 Å². The molecule has 1 aliphatic rings. The average molecular weight is 341 g/mol. The van der Waals surface area contributed by atoms with E-state index in [9.17, 15) is 4.79 Å². The highest BCUT2D eigenvalue weighted by atomic mass is 16.5. The van der Waals surface area contributed by atoms with Gasteiger partial charge in [-0.1, -0.05) is 0 Å². The molecule has 130 valence electrons. The van der Waals surface area contributed by atoms with E-state index in [0.717, 1.165) is 32.6 Å². The number of carbonyl (C=O) groups is 1. The lowest BCUT2D eigenvalue weighted by Crippen LogP contribution is -2.20. The van der Waals surface area contributed by atoms with Crippen LogP contribution in [0.15, 0.2) is 41.3 Å². The molecule has 25 heavy (non-hydrogen) atoms. The lowest BCUT2D eigenvalue weighted by molar-refractivity contribution is 0.0601. The zero-order valence-corrected chi connectivity index (χ0v) is 13.6. The minimum absolute atomic E-state index is 0.292. The molecule has 3 aromatic rings. The summed E-state index contributed by atoms with van der Waals surface area (Å²) in [7, 11) is 0. The fraction of sp³-hybridized carbons (Fsp3) is 0.353. The summed E-state index contributed by atoms with van der Waals surface area (Å²) in [5, 5.41) is 14.0. The molecule has 0 atom stereocenters. The minimum atomic E-state index is -0.292. The number of nitrogens with one attached hydrogen (secondary N) is 2. The monoisotopic (exact) mass is 341 g/mol. The van der Waals surface area contributed by atoms with Crippen molar-refractivity contribution in [3.8, 4) is 11.5 Å². The van der Waals surface area contributed by atoms with Gasteiger partial charge in [-0.25, -0.2) is 0 Å². The molecule has 1 fully saturated rings. The van der Waals surface area contributed by atoms with E-state index in [0.29, 0.717) is 28.8 Å². The molecular formula is C17H19N5O3. The zero-order chi connectivity index (χ0) is 17.1. The Hall–Kier alpha value is -2.87. The molecule has 0 aromatic carbocycles. The number of aromatic nitrogens is 4. The molecule has 4 heterocycles. The van der Waals surface area contributed by atoms with E-state index in [4.69, 9.17) is 9.15 Å². The Labute approximate surface area is 144 Å². The second-order valence-electron chi connectivity index (χ2n) is 6.11. The fourth-order valence-corrected chi connectivity index (χ4v) is 2.91. The number of hydrogen-bond donors (Lipinski definition) is 2. The van der Waals surface area contributed by atoms with Crippen LogP contribution in [0.2, 0.25) is 0 Å². The predicted molar refractivity (Wildman–Crippen MR) is 90.0 cm³/mol. The van der Waals surface area contributed by atoms with Gasteiger partial charge in [0.2, 0.25) is 0 Å². The third-order valence-electron chi connectivity index (χ3n) is 4.27. The van der Waals surface area contributed by atoms with Crippen molar-refractivity contribution in [2.75, 3.05) is 18.5 Å². The third-order valence-corrected chi connectivity index (χ3v) is 4.27. The first kappa shape index (κ1) is 15.6. The number of hydrogen-bond acceptors (Lipinski definition) is 5. The second kappa shape index (κ2) is 6.94. The predicted octanol–water partition coefficient (Wildman–Crippen LogP) is 2.55. The quantitative estimate of drug-likeness (QED) is 0.743. The van der Waals surface area contributed by atoms with E-state index in [1.807, 2.05) is 10.9 Å². The van der Waals surface area contributed by atoms with Crippen molar-refractivity contribution in [1.82, 2.24) is 20.0 Å². The molecule has 2 N–H and O–H groups in total. The van der Waals surface area contributed by atoms with E-state index in [1.54, 1.807) is 30.7 Å². The van der Waals surface area contributed by atoms with Gasteiger partial charge in [-0.05, 0) is 30.9 Å². The molecule has 0 aliphatic carbocycles. The van der Waals surface area contributed by atoms with Crippen molar-refractivity contribution in [3.63, 3.8) is 0 Å². The average Bonchev–Trinajstić information content (AvgIpc) is 3.37. The van der Waals surface area contributed by atoms with Crippen LogP contribution >= 0.6 is 0 Å². The van der Waals surface area contributed by atoms with Gasteiger partial charge in [0, 0.05) is 32.0 Å². The molecular weight excluding hydrogens is 322 g/mol. The molecule has 8 nitrogen and oxygen atoms in total. The molecule has 1 saturated heterocycles. The van der Waals surface area contributed by atoms with Gasteiger partial charge in [-0.3, -0.25) is 14.6 Å². The summed E-state index contributed by atoms with van der Waals surface area (Å²) in [4.78, 5) is 12.3. The van der Waals surface area contributed by atoms with Crippen LogP contribution in [0.25, 0.3) is 11.5 Å². The van der Waals surface area contributed by atoms with Crippen LogP contribution in [-0.2, 0) is 11.3 Å². The molecule has 0 saturated carbocycles. The van der Waals surface area contributed by atoms with E-state index in [1.165, 1.54) is 0 Å². The number of amides is 1. The summed E-state index contributed by atoms with van der Waals surface area (Å²) in [6, 6.07) is 5.24. The van der Waals surface area contributed by atoms with Crippen molar-refractivity contribution in [1.29, 1.82) is 0 Å². The summed E-state index contributed by atoms with van der Waals surface area (Å²) in [6.45, 7) is 2.46. The van der Waals surface area contributed by atoms with Gasteiger partial charge in [-0.2, -0.15) is 10.2 Å². The SMILES string of the molecule is O=C(Nc1cnn(CC2CCOCC2)c1)c1cc(-c2ccco2)[nH]n1. The molecule has 1 amide bonds. The summed E-state index contributed by atoms with van der Waals surface area (Å²) >= 11 is 0. The van der Waals surface area contributed by atoms with Gasteiger partial charge in [0.15, 0.2) is 11.5 Å². The van der Waals surface area contributed by atoms with Crippen molar-refractivity contribution in [2.24, 2.45) is 5.92 Å². The highest BCUT2D eigenvalue weighted by Crippen LogP contribution is 2.19. The van der Waals surface area contributed by atoms with Gasteiger partial charge in [-0.15, -0.1) is 0 Å². The Morgan fingerprint density at radius 3 is 3.08 bits per heavy atom. The van der Waals surface area contributed by atoms with Crippen LogP contribution in [-0.4, -0.2) is 39.1 Å². The Bertz CT molecular complexity index is 830. The molecule has 0 bridgehead atoms. The highest BCUT2D eigenvalue weighted by Gasteiger charge is 2.16. The van der Waals surface area contributed by atoms with Crippen molar-refractivity contribution < 1.29 is 13.9 Å². The molecule has 0 spiro atoms. The van der Waals surface area contributed by atoms with Crippen molar-refractivity contribution in [2.45, 2.75) is 19.4 Å². The maximum Gasteiger partial charge on any atom is 0.276 e. The van der Waals surface area contributed by atoms with Crippen LogP contribution in [0.1, 0.15) is 23.3 Å². The fourth-order valence-electron chi connectivity index (χ4n) is 2.91. The van der Waals surface area contributed by atoms with Gasteiger partial charge in [0.25, 0.3) is 5.91 Å². The van der Waals surface area contributed by atoms with E-state index in [-0.39, 0.29) is 5.91 Å². The third kappa shape index (κ3) is 3.63. The second-order valence-corrected chi connectivity index (χ2v) is 6.11.